The Hall–Kier alpha value is -0.930. The minimum absolute atomic E-state index is 0. The summed E-state index contributed by atoms with van der Waals surface area (Å²) in [6.45, 7) is 4.39. The largest absolute Gasteiger partial charge is 0.490 e. The number of sulfonamides is 1. The van der Waals surface area contributed by atoms with Gasteiger partial charge in [-0.3, -0.25) is 0 Å². The van der Waals surface area contributed by atoms with E-state index in [9.17, 15) is 12.8 Å². The molecule has 1 aromatic rings. The summed E-state index contributed by atoms with van der Waals surface area (Å²) in [5.74, 6) is -0.213. The number of nitrogens with zero attached hydrogens (tertiary/aromatic N) is 1. The van der Waals surface area contributed by atoms with Crippen LogP contribution in [0.25, 0.3) is 0 Å². The van der Waals surface area contributed by atoms with E-state index in [2.05, 4.69) is 0 Å². The quantitative estimate of drug-likeness (QED) is 0.761. The molecule has 0 radical (unpaired) electrons. The van der Waals surface area contributed by atoms with Crippen molar-refractivity contribution < 1.29 is 22.3 Å². The summed E-state index contributed by atoms with van der Waals surface area (Å²) >= 11 is 0. The van der Waals surface area contributed by atoms with Gasteiger partial charge in [-0.25, -0.2) is 12.8 Å². The average molecular weight is 423 g/mol. The first kappa shape index (κ1) is 22.4. The molecule has 3 unspecified atom stereocenters. The summed E-state index contributed by atoms with van der Waals surface area (Å²) in [7, 11) is -3.74. The van der Waals surface area contributed by atoms with Crippen LogP contribution in [-0.4, -0.2) is 51.7 Å². The molecule has 27 heavy (non-hydrogen) atoms. The second-order valence-electron chi connectivity index (χ2n) is 7.26. The molecule has 2 aliphatic rings. The number of halogens is 2. The molecule has 6 nitrogen and oxygen atoms in total. The predicted octanol–water partition coefficient (Wildman–Crippen LogP) is 2.41. The average Bonchev–Trinajstić information content (AvgIpc) is 3.14. The zero-order chi connectivity index (χ0) is 18.7. The number of hydrogen-bond acceptors (Lipinski definition) is 5. The predicted molar refractivity (Wildman–Crippen MR) is 103 cm³/mol. The molecule has 2 aliphatic heterocycles. The number of piperidine rings is 1. The van der Waals surface area contributed by atoms with Crippen molar-refractivity contribution in [3.05, 3.63) is 24.0 Å². The van der Waals surface area contributed by atoms with Gasteiger partial charge in [-0.05, 0) is 50.3 Å². The van der Waals surface area contributed by atoms with Crippen molar-refractivity contribution in [1.29, 1.82) is 0 Å². The van der Waals surface area contributed by atoms with Crippen molar-refractivity contribution >= 4 is 22.4 Å². The van der Waals surface area contributed by atoms with Crippen LogP contribution < -0.4 is 10.5 Å². The molecule has 3 rings (SSSR count). The zero-order valence-corrected chi connectivity index (χ0v) is 17.1. The minimum atomic E-state index is -3.74. The van der Waals surface area contributed by atoms with Crippen LogP contribution in [0, 0.1) is 17.7 Å². The van der Waals surface area contributed by atoms with Crippen molar-refractivity contribution in [2.24, 2.45) is 17.6 Å². The molecule has 0 spiro atoms. The fourth-order valence-corrected chi connectivity index (χ4v) is 5.00. The first-order valence-corrected chi connectivity index (χ1v) is 10.6. The third kappa shape index (κ3) is 5.32. The maximum absolute atomic E-state index is 14.4. The van der Waals surface area contributed by atoms with Gasteiger partial charge in [0.15, 0.2) is 11.6 Å². The lowest BCUT2D eigenvalue weighted by atomic mass is 9.93. The van der Waals surface area contributed by atoms with Gasteiger partial charge in [-0.15, -0.1) is 12.4 Å². The van der Waals surface area contributed by atoms with Gasteiger partial charge in [0, 0.05) is 31.7 Å². The van der Waals surface area contributed by atoms with Crippen LogP contribution in [0.1, 0.15) is 26.2 Å². The highest BCUT2D eigenvalue weighted by molar-refractivity contribution is 7.89. The van der Waals surface area contributed by atoms with Crippen LogP contribution in [0.2, 0.25) is 0 Å². The molecule has 0 aromatic heterocycles. The Morgan fingerprint density at radius 2 is 2.19 bits per heavy atom. The van der Waals surface area contributed by atoms with Crippen molar-refractivity contribution in [2.75, 3.05) is 32.9 Å². The summed E-state index contributed by atoms with van der Waals surface area (Å²) in [4.78, 5) is -0.0446. The molecule has 1 aromatic carbocycles. The van der Waals surface area contributed by atoms with Gasteiger partial charge < -0.3 is 15.2 Å². The third-order valence-electron chi connectivity index (χ3n) is 5.20. The minimum Gasteiger partial charge on any atom is -0.490 e. The number of nitrogens with two attached hydrogens (primary N) is 1. The molecule has 3 atom stereocenters. The van der Waals surface area contributed by atoms with Crippen molar-refractivity contribution in [2.45, 2.75) is 37.1 Å². The normalized spacial score (nSPS) is 25.0. The number of benzene rings is 1. The molecule has 0 aliphatic carbocycles. The lowest BCUT2D eigenvalue weighted by Crippen LogP contribution is -2.44. The van der Waals surface area contributed by atoms with E-state index in [0.717, 1.165) is 25.3 Å². The van der Waals surface area contributed by atoms with Crippen molar-refractivity contribution in [3.8, 4) is 5.75 Å². The Kier molecular flexibility index (Phi) is 7.88. The lowest BCUT2D eigenvalue weighted by Gasteiger charge is -2.33. The number of hydrogen-bond donors (Lipinski definition) is 1. The number of rotatable bonds is 6. The SMILES string of the molecule is CC(N)C1CCCN(S(=O)(=O)c2ccc(OCC3CCOC3)c(F)c2)C1.Cl. The van der Waals surface area contributed by atoms with Gasteiger partial charge in [0.1, 0.15) is 0 Å². The molecule has 2 fully saturated rings. The van der Waals surface area contributed by atoms with E-state index >= 15 is 0 Å². The highest BCUT2D eigenvalue weighted by Gasteiger charge is 2.32. The van der Waals surface area contributed by atoms with Gasteiger partial charge in [0.2, 0.25) is 10.0 Å². The topological polar surface area (TPSA) is 81.9 Å². The van der Waals surface area contributed by atoms with Crippen LogP contribution in [0.5, 0.6) is 5.75 Å². The van der Waals surface area contributed by atoms with Crippen molar-refractivity contribution in [3.63, 3.8) is 0 Å². The van der Waals surface area contributed by atoms with Gasteiger partial charge in [0.05, 0.1) is 18.1 Å². The number of ether oxygens (including phenoxy) is 2. The van der Waals surface area contributed by atoms with Gasteiger partial charge >= 0.3 is 0 Å². The summed E-state index contributed by atoms with van der Waals surface area (Å²) in [6.07, 6.45) is 2.57. The summed E-state index contributed by atoms with van der Waals surface area (Å²) in [5, 5.41) is 0. The monoisotopic (exact) mass is 422 g/mol. The molecule has 2 heterocycles. The van der Waals surface area contributed by atoms with E-state index in [0.29, 0.717) is 32.9 Å². The second-order valence-corrected chi connectivity index (χ2v) is 9.20. The summed E-state index contributed by atoms with van der Waals surface area (Å²) in [6, 6.07) is 3.78. The molecular formula is C18H28ClFN2O4S. The highest BCUT2D eigenvalue weighted by atomic mass is 35.5. The fourth-order valence-electron chi connectivity index (χ4n) is 3.45. The smallest absolute Gasteiger partial charge is 0.243 e. The summed E-state index contributed by atoms with van der Waals surface area (Å²) < 4.78 is 52.2. The standard InChI is InChI=1S/C18H27FN2O4S.ClH/c1-13(20)15-3-2-7-21(10-15)26(22,23)16-4-5-18(17(19)9-16)25-12-14-6-8-24-11-14;/h4-5,9,13-15H,2-3,6-8,10-12,20H2,1H3;1H. The Morgan fingerprint density at radius 1 is 1.41 bits per heavy atom. The fraction of sp³-hybridized carbons (Fsp3) is 0.667. The molecule has 154 valence electrons. The molecule has 2 saturated heterocycles. The highest BCUT2D eigenvalue weighted by Crippen LogP contribution is 2.28. The molecule has 0 amide bonds. The van der Waals surface area contributed by atoms with Gasteiger partial charge in [0.25, 0.3) is 0 Å². The van der Waals surface area contributed by atoms with Crippen LogP contribution in [0.3, 0.4) is 0 Å². The van der Waals surface area contributed by atoms with E-state index < -0.39 is 15.8 Å². The Labute approximate surface area is 166 Å². The van der Waals surface area contributed by atoms with E-state index in [4.69, 9.17) is 15.2 Å². The molecule has 0 bridgehead atoms. The van der Waals surface area contributed by atoms with Crippen LogP contribution >= 0.6 is 12.4 Å². The molecular weight excluding hydrogens is 395 g/mol. The summed E-state index contributed by atoms with van der Waals surface area (Å²) in [5.41, 5.74) is 5.93. The lowest BCUT2D eigenvalue weighted by molar-refractivity contribution is 0.165. The Bertz CT molecular complexity index is 726. The van der Waals surface area contributed by atoms with Gasteiger partial charge in [-0.1, -0.05) is 0 Å². The van der Waals surface area contributed by atoms with E-state index in [1.165, 1.54) is 16.4 Å². The van der Waals surface area contributed by atoms with Crippen LogP contribution in [-0.2, 0) is 14.8 Å². The van der Waals surface area contributed by atoms with E-state index in [1.807, 2.05) is 6.92 Å². The third-order valence-corrected chi connectivity index (χ3v) is 7.06. The van der Waals surface area contributed by atoms with E-state index in [1.54, 1.807) is 0 Å². The first-order valence-electron chi connectivity index (χ1n) is 9.13. The zero-order valence-electron chi connectivity index (χ0n) is 15.5. The Morgan fingerprint density at radius 3 is 2.81 bits per heavy atom. The van der Waals surface area contributed by atoms with Crippen LogP contribution in [0.15, 0.2) is 23.1 Å². The van der Waals surface area contributed by atoms with Crippen molar-refractivity contribution in [1.82, 2.24) is 4.31 Å². The maximum atomic E-state index is 14.4. The molecule has 9 heteroatoms. The Balaban J connectivity index is 0.00000261. The maximum Gasteiger partial charge on any atom is 0.243 e. The van der Waals surface area contributed by atoms with Gasteiger partial charge in [-0.2, -0.15) is 4.31 Å². The van der Waals surface area contributed by atoms with E-state index in [-0.39, 0.29) is 40.9 Å². The second kappa shape index (κ2) is 9.52. The first-order chi connectivity index (χ1) is 12.4. The molecule has 2 N–H and O–H groups in total. The van der Waals surface area contributed by atoms with Crippen LogP contribution in [0.4, 0.5) is 4.39 Å². The molecule has 0 saturated carbocycles.